The summed E-state index contributed by atoms with van der Waals surface area (Å²) in [6, 6.07) is 13.5. The van der Waals surface area contributed by atoms with Crippen LogP contribution in [0.3, 0.4) is 0 Å². The molecule has 31 heavy (non-hydrogen) atoms. The lowest BCUT2D eigenvalue weighted by molar-refractivity contribution is -0.137. The van der Waals surface area contributed by atoms with E-state index in [1.807, 2.05) is 24.3 Å². The number of nitrogens with one attached hydrogen (secondary N) is 3. The molecule has 1 aromatic heterocycles. The van der Waals surface area contributed by atoms with Crippen molar-refractivity contribution in [1.82, 2.24) is 20.2 Å². The van der Waals surface area contributed by atoms with Crippen LogP contribution < -0.4 is 10.6 Å². The number of aromatic amines is 1. The van der Waals surface area contributed by atoms with E-state index >= 15 is 0 Å². The van der Waals surface area contributed by atoms with Crippen LogP contribution in [0.15, 0.2) is 48.5 Å². The number of para-hydroxylation sites is 3. The summed E-state index contributed by atoms with van der Waals surface area (Å²) in [4.78, 5) is 48.3. The predicted octanol–water partition coefficient (Wildman–Crippen LogP) is 2.76. The molecule has 158 valence electrons. The first kappa shape index (κ1) is 19.3. The Balaban J connectivity index is 1.36. The van der Waals surface area contributed by atoms with Crippen LogP contribution in [0.25, 0.3) is 11.0 Å². The minimum atomic E-state index is -0.925. The molecule has 8 heteroatoms. The molecular formula is C23H23N5O3. The molecule has 0 saturated carbocycles. The van der Waals surface area contributed by atoms with Crippen LogP contribution in [0.4, 0.5) is 5.69 Å². The van der Waals surface area contributed by atoms with Crippen LogP contribution in [0.5, 0.6) is 0 Å². The standard InChI is InChI=1S/C23H23N5O3/c29-20(13-18-23(31)26-15-8-2-1-7-14(15)22(30)27-18)28-12-6-5-11-19(28)21-24-16-9-3-4-10-17(16)25-21/h1-4,7-10,18-19H,5-6,11-13H2,(H,24,25)(H,26,31)(H,27,30)/t18-,19+/m1/s1. The SMILES string of the molecule is O=C1N[C@H](CC(=O)N2CCCC[C@H]2c2nc3ccccc3[nH]2)C(=O)Nc2ccccc21. The zero-order valence-corrected chi connectivity index (χ0v) is 16.9. The molecule has 3 aromatic rings. The Morgan fingerprint density at radius 1 is 1.06 bits per heavy atom. The van der Waals surface area contributed by atoms with Crippen molar-refractivity contribution in [2.45, 2.75) is 37.8 Å². The highest BCUT2D eigenvalue weighted by Crippen LogP contribution is 2.31. The van der Waals surface area contributed by atoms with E-state index in [1.165, 1.54) is 0 Å². The van der Waals surface area contributed by atoms with Gasteiger partial charge in [0.2, 0.25) is 11.8 Å². The maximum Gasteiger partial charge on any atom is 0.254 e. The highest BCUT2D eigenvalue weighted by Gasteiger charge is 2.35. The average Bonchev–Trinajstić information content (AvgIpc) is 3.18. The van der Waals surface area contributed by atoms with Gasteiger partial charge in [-0.05, 0) is 43.5 Å². The summed E-state index contributed by atoms with van der Waals surface area (Å²) in [7, 11) is 0. The highest BCUT2D eigenvalue weighted by molar-refractivity contribution is 6.10. The first-order chi connectivity index (χ1) is 15.1. The van der Waals surface area contributed by atoms with E-state index in [0.29, 0.717) is 17.8 Å². The Hall–Kier alpha value is -3.68. The Labute approximate surface area is 179 Å². The molecule has 0 aliphatic carbocycles. The number of fused-ring (bicyclic) bond motifs is 2. The van der Waals surface area contributed by atoms with Gasteiger partial charge < -0.3 is 20.5 Å². The number of rotatable bonds is 3. The number of anilines is 1. The minimum Gasteiger partial charge on any atom is -0.340 e. The van der Waals surface area contributed by atoms with Crippen molar-refractivity contribution in [3.63, 3.8) is 0 Å². The molecule has 1 saturated heterocycles. The molecular weight excluding hydrogens is 394 g/mol. The third kappa shape index (κ3) is 3.65. The van der Waals surface area contributed by atoms with Crippen molar-refractivity contribution >= 4 is 34.4 Å². The van der Waals surface area contributed by atoms with Crippen molar-refractivity contribution in [3.8, 4) is 0 Å². The van der Waals surface area contributed by atoms with Crippen molar-refractivity contribution in [3.05, 3.63) is 59.9 Å². The average molecular weight is 417 g/mol. The van der Waals surface area contributed by atoms with Crippen LogP contribution in [0, 0.1) is 0 Å². The molecule has 3 heterocycles. The molecule has 0 bridgehead atoms. The number of amides is 3. The summed E-state index contributed by atoms with van der Waals surface area (Å²) in [5.74, 6) is -0.157. The second-order valence-electron chi connectivity index (χ2n) is 8.00. The number of carbonyl (C=O) groups excluding carboxylic acids is 3. The van der Waals surface area contributed by atoms with Gasteiger partial charge in [0.05, 0.1) is 34.7 Å². The third-order valence-corrected chi connectivity index (χ3v) is 5.98. The van der Waals surface area contributed by atoms with E-state index in [0.717, 1.165) is 36.1 Å². The van der Waals surface area contributed by atoms with Gasteiger partial charge in [0.25, 0.3) is 5.91 Å². The van der Waals surface area contributed by atoms with E-state index in [-0.39, 0.29) is 30.2 Å². The predicted molar refractivity (Wildman–Crippen MR) is 115 cm³/mol. The fraction of sp³-hybridized carbons (Fsp3) is 0.304. The van der Waals surface area contributed by atoms with Gasteiger partial charge in [0.15, 0.2) is 0 Å². The topological polar surface area (TPSA) is 107 Å². The Kier molecular flexibility index (Phi) is 4.89. The second kappa shape index (κ2) is 7.86. The smallest absolute Gasteiger partial charge is 0.254 e. The molecule has 0 radical (unpaired) electrons. The van der Waals surface area contributed by atoms with Crippen LogP contribution in [-0.2, 0) is 9.59 Å². The number of hydrogen-bond acceptors (Lipinski definition) is 4. The first-order valence-electron chi connectivity index (χ1n) is 10.5. The fourth-order valence-corrected chi connectivity index (χ4v) is 4.39. The van der Waals surface area contributed by atoms with Gasteiger partial charge in [0, 0.05) is 6.54 Å². The molecule has 5 rings (SSSR count). The number of likely N-dealkylation sites (tertiary alicyclic amines) is 1. The Morgan fingerprint density at radius 3 is 2.74 bits per heavy atom. The maximum absolute atomic E-state index is 13.3. The van der Waals surface area contributed by atoms with Crippen LogP contribution in [0.2, 0.25) is 0 Å². The number of imidazole rings is 1. The van der Waals surface area contributed by atoms with Gasteiger partial charge in [-0.3, -0.25) is 14.4 Å². The van der Waals surface area contributed by atoms with Crippen molar-refractivity contribution in [2.75, 3.05) is 11.9 Å². The molecule has 2 aromatic carbocycles. The summed E-state index contributed by atoms with van der Waals surface area (Å²) in [5, 5.41) is 5.47. The monoisotopic (exact) mass is 417 g/mol. The Bertz CT molecular complexity index is 1140. The van der Waals surface area contributed by atoms with E-state index in [2.05, 4.69) is 20.6 Å². The molecule has 1 fully saturated rings. The zero-order chi connectivity index (χ0) is 21.4. The molecule has 3 amide bonds. The summed E-state index contributed by atoms with van der Waals surface area (Å²) in [6.45, 7) is 0.600. The van der Waals surface area contributed by atoms with Gasteiger partial charge in [-0.25, -0.2) is 4.98 Å². The van der Waals surface area contributed by atoms with Gasteiger partial charge in [-0.2, -0.15) is 0 Å². The number of piperidine rings is 1. The summed E-state index contributed by atoms with van der Waals surface area (Å²) in [5.41, 5.74) is 2.65. The van der Waals surface area contributed by atoms with E-state index in [9.17, 15) is 14.4 Å². The molecule has 0 spiro atoms. The van der Waals surface area contributed by atoms with Crippen molar-refractivity contribution in [2.24, 2.45) is 0 Å². The van der Waals surface area contributed by atoms with E-state index < -0.39 is 6.04 Å². The summed E-state index contributed by atoms with van der Waals surface area (Å²) < 4.78 is 0. The molecule has 2 atom stereocenters. The summed E-state index contributed by atoms with van der Waals surface area (Å²) in [6.07, 6.45) is 2.61. The van der Waals surface area contributed by atoms with Crippen molar-refractivity contribution < 1.29 is 14.4 Å². The van der Waals surface area contributed by atoms with Crippen LogP contribution >= 0.6 is 0 Å². The molecule has 3 N–H and O–H groups in total. The Morgan fingerprint density at radius 2 is 1.87 bits per heavy atom. The largest absolute Gasteiger partial charge is 0.340 e. The number of nitrogens with zero attached hydrogens (tertiary/aromatic N) is 2. The van der Waals surface area contributed by atoms with Gasteiger partial charge in [-0.15, -0.1) is 0 Å². The quantitative estimate of drug-likeness (QED) is 0.609. The number of aromatic nitrogens is 2. The van der Waals surface area contributed by atoms with E-state index in [4.69, 9.17) is 0 Å². The van der Waals surface area contributed by atoms with Crippen LogP contribution in [0.1, 0.15) is 47.9 Å². The molecule has 2 aliphatic heterocycles. The molecule has 8 nitrogen and oxygen atoms in total. The minimum absolute atomic E-state index is 0.0950. The normalized spacial score (nSPS) is 21.2. The first-order valence-corrected chi connectivity index (χ1v) is 10.5. The third-order valence-electron chi connectivity index (χ3n) is 5.98. The second-order valence-corrected chi connectivity index (χ2v) is 8.00. The van der Waals surface area contributed by atoms with Gasteiger partial charge in [0.1, 0.15) is 11.9 Å². The zero-order valence-electron chi connectivity index (χ0n) is 16.9. The lowest BCUT2D eigenvalue weighted by atomic mass is 10.00. The van der Waals surface area contributed by atoms with Gasteiger partial charge in [-0.1, -0.05) is 24.3 Å². The lowest BCUT2D eigenvalue weighted by Crippen LogP contribution is -2.47. The van der Waals surface area contributed by atoms with Gasteiger partial charge >= 0.3 is 0 Å². The number of benzene rings is 2. The number of carbonyl (C=O) groups is 3. The molecule has 2 aliphatic rings. The summed E-state index contributed by atoms with van der Waals surface area (Å²) >= 11 is 0. The highest BCUT2D eigenvalue weighted by atomic mass is 16.2. The number of hydrogen-bond donors (Lipinski definition) is 3. The van der Waals surface area contributed by atoms with E-state index in [1.54, 1.807) is 29.2 Å². The molecule has 0 unspecified atom stereocenters. The maximum atomic E-state index is 13.3. The lowest BCUT2D eigenvalue weighted by Gasteiger charge is -2.35. The van der Waals surface area contributed by atoms with Crippen molar-refractivity contribution in [1.29, 1.82) is 0 Å². The fourth-order valence-electron chi connectivity index (χ4n) is 4.39. The van der Waals surface area contributed by atoms with Crippen LogP contribution in [-0.4, -0.2) is 45.2 Å². The number of H-pyrrole nitrogens is 1.